The van der Waals surface area contributed by atoms with Crippen LogP contribution in [0.2, 0.25) is 0 Å². The third-order valence-corrected chi connectivity index (χ3v) is 8.59. The standard InChI is InChI=1S/C13H12I2OS2/c1-5-6(2)18-13(10(5)14)12(16)9-7(3)17-8(4)11(9)15/h1-4H3. The van der Waals surface area contributed by atoms with Crippen LogP contribution in [-0.4, -0.2) is 5.78 Å². The van der Waals surface area contributed by atoms with Crippen LogP contribution in [0, 0.1) is 34.8 Å². The van der Waals surface area contributed by atoms with Crippen molar-refractivity contribution in [1.82, 2.24) is 0 Å². The summed E-state index contributed by atoms with van der Waals surface area (Å²) < 4.78 is 2.22. The molecule has 0 bridgehead atoms. The van der Waals surface area contributed by atoms with Crippen LogP contribution in [0.1, 0.15) is 35.4 Å². The Kier molecular flexibility index (Phi) is 4.56. The lowest BCUT2D eigenvalue weighted by Gasteiger charge is -2.00. The predicted molar refractivity (Wildman–Crippen MR) is 96.5 cm³/mol. The van der Waals surface area contributed by atoms with E-state index in [4.69, 9.17) is 0 Å². The number of ketones is 1. The SMILES string of the molecule is Cc1sc(C(=O)c2c(C)sc(C)c2I)c(I)c1C. The molecule has 2 aromatic heterocycles. The van der Waals surface area contributed by atoms with E-state index in [2.05, 4.69) is 66.0 Å². The second kappa shape index (κ2) is 5.49. The lowest BCUT2D eigenvalue weighted by atomic mass is 10.1. The second-order valence-corrected chi connectivity index (χ2v) is 8.97. The van der Waals surface area contributed by atoms with Crippen LogP contribution in [0.25, 0.3) is 0 Å². The number of thiophene rings is 2. The van der Waals surface area contributed by atoms with Crippen molar-refractivity contribution < 1.29 is 4.79 Å². The molecule has 0 unspecified atom stereocenters. The molecule has 0 atom stereocenters. The van der Waals surface area contributed by atoms with E-state index < -0.39 is 0 Å². The summed E-state index contributed by atoms with van der Waals surface area (Å²) in [6.45, 7) is 8.27. The van der Waals surface area contributed by atoms with Gasteiger partial charge in [-0.2, -0.15) is 0 Å². The summed E-state index contributed by atoms with van der Waals surface area (Å²) in [5.41, 5.74) is 2.14. The topological polar surface area (TPSA) is 17.1 Å². The summed E-state index contributed by atoms with van der Waals surface area (Å²) in [5.74, 6) is 0.187. The summed E-state index contributed by atoms with van der Waals surface area (Å²) in [6.07, 6.45) is 0. The average Bonchev–Trinajstić information content (AvgIpc) is 2.70. The van der Waals surface area contributed by atoms with E-state index in [1.54, 1.807) is 22.7 Å². The van der Waals surface area contributed by atoms with Gasteiger partial charge in [0.1, 0.15) is 0 Å². The number of halogens is 2. The molecule has 0 saturated heterocycles. The fraction of sp³-hybridized carbons (Fsp3) is 0.308. The minimum Gasteiger partial charge on any atom is -0.288 e. The summed E-state index contributed by atoms with van der Waals surface area (Å²) in [4.78, 5) is 17.2. The van der Waals surface area contributed by atoms with Gasteiger partial charge in [0.2, 0.25) is 5.78 Å². The van der Waals surface area contributed by atoms with Crippen LogP contribution < -0.4 is 0 Å². The number of hydrogen-bond donors (Lipinski definition) is 0. The molecule has 0 spiro atoms. The Hall–Kier alpha value is 0.530. The first kappa shape index (κ1) is 14.9. The Morgan fingerprint density at radius 2 is 1.50 bits per heavy atom. The molecule has 18 heavy (non-hydrogen) atoms. The van der Waals surface area contributed by atoms with Gasteiger partial charge in [-0.05, 0) is 78.4 Å². The van der Waals surface area contributed by atoms with Crippen LogP contribution in [0.3, 0.4) is 0 Å². The maximum Gasteiger partial charge on any atom is 0.206 e. The van der Waals surface area contributed by atoms with E-state index in [1.165, 1.54) is 15.3 Å². The first-order valence-electron chi connectivity index (χ1n) is 5.40. The lowest BCUT2D eigenvalue weighted by molar-refractivity contribution is 0.104. The molecule has 2 rings (SSSR count). The summed E-state index contributed by atoms with van der Waals surface area (Å²) in [6, 6.07) is 0. The number of aryl methyl sites for hydroxylation is 3. The zero-order valence-corrected chi connectivity index (χ0v) is 16.4. The molecular formula is C13H12I2OS2. The van der Waals surface area contributed by atoms with E-state index in [1.807, 2.05) is 6.92 Å². The second-order valence-electron chi connectivity index (χ2n) is 4.16. The van der Waals surface area contributed by atoms with Gasteiger partial charge in [0.25, 0.3) is 0 Å². The highest BCUT2D eigenvalue weighted by molar-refractivity contribution is 14.1. The van der Waals surface area contributed by atoms with E-state index in [0.29, 0.717) is 0 Å². The highest BCUT2D eigenvalue weighted by Gasteiger charge is 2.24. The molecule has 96 valence electrons. The van der Waals surface area contributed by atoms with Gasteiger partial charge in [-0.3, -0.25) is 4.79 Å². The Morgan fingerprint density at radius 3 is 1.89 bits per heavy atom. The molecule has 2 heterocycles. The van der Waals surface area contributed by atoms with Crippen LogP contribution >= 0.6 is 67.9 Å². The van der Waals surface area contributed by atoms with Crippen molar-refractivity contribution in [1.29, 1.82) is 0 Å². The molecule has 0 saturated carbocycles. The van der Waals surface area contributed by atoms with Gasteiger partial charge in [-0.1, -0.05) is 0 Å². The van der Waals surface area contributed by atoms with Gasteiger partial charge in [-0.15, -0.1) is 22.7 Å². The molecule has 0 aliphatic carbocycles. The Balaban J connectivity index is 2.58. The van der Waals surface area contributed by atoms with Crippen LogP contribution in [0.4, 0.5) is 0 Å². The van der Waals surface area contributed by atoms with Gasteiger partial charge in [-0.25, -0.2) is 0 Å². The largest absolute Gasteiger partial charge is 0.288 e. The Morgan fingerprint density at radius 1 is 0.889 bits per heavy atom. The van der Waals surface area contributed by atoms with Gasteiger partial charge < -0.3 is 0 Å². The first-order valence-corrected chi connectivity index (χ1v) is 9.19. The van der Waals surface area contributed by atoms with Gasteiger partial charge >= 0.3 is 0 Å². The maximum atomic E-state index is 12.7. The van der Waals surface area contributed by atoms with Crippen molar-refractivity contribution in [3.63, 3.8) is 0 Å². The lowest BCUT2D eigenvalue weighted by Crippen LogP contribution is -2.03. The van der Waals surface area contributed by atoms with Crippen molar-refractivity contribution in [3.05, 3.63) is 37.8 Å². The van der Waals surface area contributed by atoms with Gasteiger partial charge in [0.05, 0.1) is 10.4 Å². The molecule has 0 aliphatic heterocycles. The third kappa shape index (κ3) is 2.43. The maximum absolute atomic E-state index is 12.7. The molecule has 0 fully saturated rings. The molecule has 0 aromatic carbocycles. The van der Waals surface area contributed by atoms with Crippen molar-refractivity contribution in [2.75, 3.05) is 0 Å². The summed E-state index contributed by atoms with van der Waals surface area (Å²) in [5, 5.41) is 0. The van der Waals surface area contributed by atoms with Crippen molar-refractivity contribution >= 4 is 73.6 Å². The number of carbonyl (C=O) groups is 1. The molecule has 0 aliphatic rings. The molecule has 0 amide bonds. The Labute approximate surface area is 142 Å². The predicted octanol–water partition coefficient (Wildman–Crippen LogP) is 5.48. The molecular weight excluding hydrogens is 490 g/mol. The monoisotopic (exact) mass is 502 g/mol. The van der Waals surface area contributed by atoms with E-state index in [-0.39, 0.29) is 5.78 Å². The fourth-order valence-electron chi connectivity index (χ4n) is 1.77. The number of hydrogen-bond acceptors (Lipinski definition) is 3. The van der Waals surface area contributed by atoms with Crippen LogP contribution in [0.5, 0.6) is 0 Å². The third-order valence-electron chi connectivity index (χ3n) is 2.93. The normalized spacial score (nSPS) is 11.0. The number of rotatable bonds is 2. The van der Waals surface area contributed by atoms with Crippen LogP contribution in [-0.2, 0) is 0 Å². The summed E-state index contributed by atoms with van der Waals surface area (Å²) >= 11 is 7.90. The highest BCUT2D eigenvalue weighted by atomic mass is 127. The van der Waals surface area contributed by atoms with Gasteiger partial charge in [0, 0.05) is 21.8 Å². The highest BCUT2D eigenvalue weighted by Crippen LogP contribution is 2.35. The smallest absolute Gasteiger partial charge is 0.206 e. The quantitative estimate of drug-likeness (QED) is 0.393. The van der Waals surface area contributed by atoms with Crippen molar-refractivity contribution in [2.24, 2.45) is 0 Å². The van der Waals surface area contributed by atoms with Crippen molar-refractivity contribution in [3.8, 4) is 0 Å². The van der Waals surface area contributed by atoms with Crippen molar-refractivity contribution in [2.45, 2.75) is 27.7 Å². The minimum atomic E-state index is 0.187. The summed E-state index contributed by atoms with van der Waals surface area (Å²) in [7, 11) is 0. The van der Waals surface area contributed by atoms with Gasteiger partial charge in [0.15, 0.2) is 0 Å². The van der Waals surface area contributed by atoms with E-state index in [0.717, 1.165) is 22.5 Å². The molecule has 2 aromatic rings. The van der Waals surface area contributed by atoms with E-state index >= 15 is 0 Å². The number of carbonyl (C=O) groups excluding carboxylic acids is 1. The van der Waals surface area contributed by atoms with E-state index in [9.17, 15) is 4.79 Å². The zero-order chi connectivity index (χ0) is 13.6. The molecule has 5 heteroatoms. The van der Waals surface area contributed by atoms with Crippen LogP contribution in [0.15, 0.2) is 0 Å². The first-order chi connectivity index (χ1) is 8.34. The minimum absolute atomic E-state index is 0.187. The zero-order valence-electron chi connectivity index (χ0n) is 10.5. The Bertz CT molecular complexity index is 638. The average molecular weight is 502 g/mol. The molecule has 0 N–H and O–H groups in total. The molecule has 0 radical (unpaired) electrons. The molecule has 1 nitrogen and oxygen atoms in total. The fourth-order valence-corrected chi connectivity index (χ4v) is 6.05.